The molecule has 1 aliphatic rings. The van der Waals surface area contributed by atoms with Crippen LogP contribution in [-0.2, 0) is 16.1 Å². The minimum Gasteiger partial charge on any atom is -0.497 e. The van der Waals surface area contributed by atoms with Crippen molar-refractivity contribution in [3.8, 4) is 11.5 Å². The van der Waals surface area contributed by atoms with E-state index in [0.717, 1.165) is 5.56 Å². The second kappa shape index (κ2) is 8.28. The number of nitrogens with zero attached hydrogens (tertiary/aromatic N) is 2. The molecule has 1 N–H and O–H groups in total. The molecule has 1 atom stereocenters. The number of rotatable bonds is 4. The van der Waals surface area contributed by atoms with Crippen molar-refractivity contribution < 1.29 is 23.8 Å². The van der Waals surface area contributed by atoms with E-state index in [2.05, 4.69) is 10.3 Å². The highest BCUT2D eigenvalue weighted by Crippen LogP contribution is 2.26. The fourth-order valence-corrected chi connectivity index (χ4v) is 2.62. The van der Waals surface area contributed by atoms with Crippen molar-refractivity contribution in [1.82, 2.24) is 10.2 Å². The van der Waals surface area contributed by atoms with Crippen LogP contribution in [0.15, 0.2) is 23.2 Å². The zero-order chi connectivity index (χ0) is 20.2. The second-order valence-electron chi connectivity index (χ2n) is 7.32. The van der Waals surface area contributed by atoms with Crippen LogP contribution >= 0.6 is 0 Å². The molecule has 0 saturated carbocycles. The first-order valence-corrected chi connectivity index (χ1v) is 8.72. The van der Waals surface area contributed by atoms with Gasteiger partial charge in [-0.3, -0.25) is 9.69 Å². The van der Waals surface area contributed by atoms with E-state index >= 15 is 0 Å². The number of amides is 2. The molecule has 2 amide bonds. The van der Waals surface area contributed by atoms with Crippen LogP contribution in [0.1, 0.15) is 39.7 Å². The Morgan fingerprint density at radius 1 is 1.30 bits per heavy atom. The van der Waals surface area contributed by atoms with Crippen molar-refractivity contribution in [3.05, 3.63) is 23.8 Å². The lowest BCUT2D eigenvalue weighted by molar-refractivity contribution is -0.129. The normalized spacial score (nSPS) is 18.9. The van der Waals surface area contributed by atoms with Crippen LogP contribution < -0.4 is 14.8 Å². The molecular formula is C19H27N3O5. The van der Waals surface area contributed by atoms with Gasteiger partial charge in [-0.1, -0.05) is 0 Å². The van der Waals surface area contributed by atoms with Gasteiger partial charge in [-0.15, -0.1) is 4.99 Å². The van der Waals surface area contributed by atoms with E-state index in [1.54, 1.807) is 47.1 Å². The smallest absolute Gasteiger partial charge is 0.437 e. The van der Waals surface area contributed by atoms with Crippen LogP contribution in [0.5, 0.6) is 11.5 Å². The Morgan fingerprint density at radius 3 is 2.59 bits per heavy atom. The van der Waals surface area contributed by atoms with Gasteiger partial charge in [-0.2, -0.15) is 0 Å². The number of nitrogens with one attached hydrogen (secondary N) is 1. The van der Waals surface area contributed by atoms with Gasteiger partial charge in [0, 0.05) is 24.1 Å². The highest BCUT2D eigenvalue weighted by atomic mass is 16.6. The summed E-state index contributed by atoms with van der Waals surface area (Å²) in [6.07, 6.45) is -0.454. The standard InChI is InChI=1S/C19H27N3O5/c1-12-9-16(23)22(17(20-12)21-18(24)27-19(2,3)4)11-13-7-8-14(25-5)10-15(13)26-6/h7-8,10,12H,9,11H2,1-6H3,(H,20,21,24)/t12-/m1/s1. The molecule has 8 nitrogen and oxygen atoms in total. The van der Waals surface area contributed by atoms with Gasteiger partial charge in [0.05, 0.1) is 20.8 Å². The number of methoxy groups -OCH3 is 2. The molecule has 1 aromatic rings. The third-order valence-corrected chi connectivity index (χ3v) is 3.83. The fraction of sp³-hybridized carbons (Fsp3) is 0.526. The summed E-state index contributed by atoms with van der Waals surface area (Å²) in [6, 6.07) is 5.21. The molecule has 0 radical (unpaired) electrons. The highest BCUT2D eigenvalue weighted by molar-refractivity contribution is 6.03. The van der Waals surface area contributed by atoms with Gasteiger partial charge in [-0.05, 0) is 39.8 Å². The number of carbonyl (C=O) groups excluding carboxylic acids is 2. The first-order valence-electron chi connectivity index (χ1n) is 8.72. The van der Waals surface area contributed by atoms with Gasteiger partial charge in [-0.25, -0.2) is 4.79 Å². The molecule has 0 aliphatic carbocycles. The van der Waals surface area contributed by atoms with Gasteiger partial charge in [0.15, 0.2) is 0 Å². The van der Waals surface area contributed by atoms with Crippen LogP contribution in [0.25, 0.3) is 0 Å². The molecule has 0 aromatic heterocycles. The minimum absolute atomic E-state index is 0.132. The molecular weight excluding hydrogens is 350 g/mol. The van der Waals surface area contributed by atoms with Crippen LogP contribution in [0, 0.1) is 0 Å². The van der Waals surface area contributed by atoms with Gasteiger partial charge < -0.3 is 19.5 Å². The number of hydrogen-bond donors (Lipinski definition) is 1. The summed E-state index contributed by atoms with van der Waals surface area (Å²) in [4.78, 5) is 30.1. The minimum atomic E-state index is -0.751. The number of carbonyl (C=O) groups is 2. The van der Waals surface area contributed by atoms with Crippen molar-refractivity contribution in [1.29, 1.82) is 0 Å². The van der Waals surface area contributed by atoms with E-state index in [0.29, 0.717) is 17.9 Å². The monoisotopic (exact) mass is 377 g/mol. The fourth-order valence-electron chi connectivity index (χ4n) is 2.62. The Balaban J connectivity index is 2.30. The summed E-state index contributed by atoms with van der Waals surface area (Å²) in [5, 5.41) is 3.08. The van der Waals surface area contributed by atoms with E-state index in [1.807, 2.05) is 13.0 Å². The molecule has 0 bridgehead atoms. The number of guanidine groups is 1. The summed E-state index contributed by atoms with van der Waals surface area (Å²) in [7, 11) is 3.12. The van der Waals surface area contributed by atoms with Crippen molar-refractivity contribution >= 4 is 18.0 Å². The van der Waals surface area contributed by atoms with Crippen LogP contribution in [0.4, 0.5) is 4.79 Å². The molecule has 0 unspecified atom stereocenters. The maximum absolute atomic E-state index is 12.6. The summed E-state index contributed by atoms with van der Waals surface area (Å²) >= 11 is 0. The second-order valence-corrected chi connectivity index (χ2v) is 7.32. The zero-order valence-corrected chi connectivity index (χ0v) is 16.7. The maximum atomic E-state index is 12.6. The molecule has 2 rings (SSSR count). The van der Waals surface area contributed by atoms with E-state index in [-0.39, 0.29) is 24.5 Å². The van der Waals surface area contributed by atoms with E-state index in [1.165, 1.54) is 4.90 Å². The molecule has 0 spiro atoms. The topological polar surface area (TPSA) is 89.5 Å². The molecule has 1 aliphatic heterocycles. The lowest BCUT2D eigenvalue weighted by atomic mass is 10.1. The quantitative estimate of drug-likeness (QED) is 0.868. The van der Waals surface area contributed by atoms with E-state index in [9.17, 15) is 9.59 Å². The van der Waals surface area contributed by atoms with Crippen molar-refractivity contribution in [3.63, 3.8) is 0 Å². The number of hydrogen-bond acceptors (Lipinski definition) is 5. The van der Waals surface area contributed by atoms with E-state index < -0.39 is 11.7 Å². The Hall–Kier alpha value is -2.77. The number of benzene rings is 1. The predicted molar refractivity (Wildman–Crippen MR) is 101 cm³/mol. The predicted octanol–water partition coefficient (Wildman–Crippen LogP) is 2.71. The molecule has 1 saturated heterocycles. The van der Waals surface area contributed by atoms with Crippen LogP contribution in [-0.4, -0.2) is 48.7 Å². The molecule has 27 heavy (non-hydrogen) atoms. The van der Waals surface area contributed by atoms with Crippen molar-refractivity contribution in [2.24, 2.45) is 4.99 Å². The maximum Gasteiger partial charge on any atom is 0.437 e. The summed E-state index contributed by atoms with van der Waals surface area (Å²) in [6.45, 7) is 7.33. The molecule has 1 heterocycles. The molecule has 1 aromatic carbocycles. The summed E-state index contributed by atoms with van der Waals surface area (Å²) in [5.74, 6) is 1.26. The number of ether oxygens (including phenoxy) is 3. The average molecular weight is 377 g/mol. The SMILES string of the molecule is COc1ccc(CN2C(=O)C[C@@H](C)N/C2=N/C(=O)OC(C)(C)C)c(OC)c1. The zero-order valence-electron chi connectivity index (χ0n) is 16.7. The largest absolute Gasteiger partial charge is 0.497 e. The lowest BCUT2D eigenvalue weighted by Crippen LogP contribution is -2.54. The van der Waals surface area contributed by atoms with Gasteiger partial charge >= 0.3 is 6.09 Å². The first-order chi connectivity index (χ1) is 12.6. The van der Waals surface area contributed by atoms with Crippen molar-refractivity contribution in [2.45, 2.75) is 52.3 Å². The summed E-state index contributed by atoms with van der Waals surface area (Å²) in [5.41, 5.74) is 0.0926. The van der Waals surface area contributed by atoms with Crippen LogP contribution in [0.2, 0.25) is 0 Å². The molecule has 148 valence electrons. The van der Waals surface area contributed by atoms with Crippen LogP contribution in [0.3, 0.4) is 0 Å². The Morgan fingerprint density at radius 2 is 2.00 bits per heavy atom. The average Bonchev–Trinajstić information content (AvgIpc) is 2.56. The Bertz CT molecular complexity index is 739. The Kier molecular flexibility index (Phi) is 6.30. The van der Waals surface area contributed by atoms with Gasteiger partial charge in [0.2, 0.25) is 11.9 Å². The lowest BCUT2D eigenvalue weighted by Gasteiger charge is -2.33. The third kappa shape index (κ3) is 5.60. The van der Waals surface area contributed by atoms with E-state index in [4.69, 9.17) is 14.2 Å². The first kappa shape index (κ1) is 20.5. The van der Waals surface area contributed by atoms with Gasteiger partial charge in [0.25, 0.3) is 0 Å². The molecule has 1 fully saturated rings. The van der Waals surface area contributed by atoms with Crippen molar-refractivity contribution in [2.75, 3.05) is 14.2 Å². The summed E-state index contributed by atoms with van der Waals surface area (Å²) < 4.78 is 15.8. The third-order valence-electron chi connectivity index (χ3n) is 3.83. The molecule has 8 heteroatoms. The number of aliphatic imine (C=N–C) groups is 1. The van der Waals surface area contributed by atoms with Gasteiger partial charge in [0.1, 0.15) is 17.1 Å². The Labute approximate surface area is 159 Å². The highest BCUT2D eigenvalue weighted by Gasteiger charge is 2.30.